The Kier molecular flexibility index (Phi) is 3.52. The lowest BCUT2D eigenvalue weighted by Gasteiger charge is -2.06. The highest BCUT2D eigenvalue weighted by Crippen LogP contribution is 2.23. The number of nitrogens with one attached hydrogen (secondary N) is 2. The average Bonchev–Trinajstić information content (AvgIpc) is 3.06. The predicted molar refractivity (Wildman–Crippen MR) is 82.9 cm³/mol. The number of nitrogens with zero attached hydrogens (tertiary/aromatic N) is 2. The van der Waals surface area contributed by atoms with Crippen LogP contribution in [0.25, 0.3) is 11.3 Å². The van der Waals surface area contributed by atoms with Gasteiger partial charge in [-0.2, -0.15) is 0 Å². The van der Waals surface area contributed by atoms with Gasteiger partial charge in [-0.1, -0.05) is 12.1 Å². The fourth-order valence-corrected chi connectivity index (χ4v) is 2.63. The number of rotatable bonds is 4. The number of aryl methyl sites for hydroxylation is 2. The van der Waals surface area contributed by atoms with Gasteiger partial charge in [0.1, 0.15) is 0 Å². The largest absolute Gasteiger partial charge is 0.379 e. The quantitative estimate of drug-likeness (QED) is 0.767. The van der Waals surface area contributed by atoms with Gasteiger partial charge in [0.15, 0.2) is 0 Å². The normalized spacial score (nSPS) is 10.7. The van der Waals surface area contributed by atoms with Crippen LogP contribution >= 0.6 is 11.3 Å². The molecule has 1 aromatic carbocycles. The Balaban J connectivity index is 1.69. The molecule has 0 unspecified atom stereocenters. The summed E-state index contributed by atoms with van der Waals surface area (Å²) in [7, 11) is 0. The number of thiazole rings is 1. The summed E-state index contributed by atoms with van der Waals surface area (Å²) in [6.45, 7) is 4.78. The highest BCUT2D eigenvalue weighted by atomic mass is 32.1. The fourth-order valence-electron chi connectivity index (χ4n) is 2.01. The lowest BCUT2D eigenvalue weighted by molar-refractivity contribution is 1.05. The molecule has 0 amide bonds. The molecule has 5 heteroatoms. The molecule has 3 rings (SSSR count). The summed E-state index contributed by atoms with van der Waals surface area (Å²) in [5.74, 6) is 0. The summed E-state index contributed by atoms with van der Waals surface area (Å²) in [4.78, 5) is 11.8. The number of anilines is 1. The van der Waals surface area contributed by atoms with Crippen molar-refractivity contribution in [2.45, 2.75) is 20.4 Å². The Hall–Kier alpha value is -2.14. The molecule has 20 heavy (non-hydrogen) atoms. The summed E-state index contributed by atoms with van der Waals surface area (Å²) in [6, 6.07) is 8.33. The molecule has 0 saturated heterocycles. The lowest BCUT2D eigenvalue weighted by Crippen LogP contribution is -2.01. The molecule has 0 spiro atoms. The molecular formula is C15H16N4S. The summed E-state index contributed by atoms with van der Waals surface area (Å²) in [5.41, 5.74) is 5.43. The molecule has 0 saturated carbocycles. The maximum atomic E-state index is 4.49. The van der Waals surface area contributed by atoms with E-state index in [-0.39, 0.29) is 0 Å². The first-order valence-electron chi connectivity index (χ1n) is 6.47. The Morgan fingerprint density at radius 3 is 2.60 bits per heavy atom. The summed E-state index contributed by atoms with van der Waals surface area (Å²) in [5, 5.41) is 6.55. The molecule has 0 aliphatic carbocycles. The topological polar surface area (TPSA) is 53.6 Å². The van der Waals surface area contributed by atoms with E-state index < -0.39 is 0 Å². The van der Waals surface area contributed by atoms with Crippen LogP contribution in [0.4, 0.5) is 5.69 Å². The molecular weight excluding hydrogens is 268 g/mol. The second kappa shape index (κ2) is 5.46. The third-order valence-corrected chi connectivity index (χ3v) is 3.97. The molecule has 0 radical (unpaired) electrons. The van der Waals surface area contributed by atoms with Crippen molar-refractivity contribution < 1.29 is 0 Å². The molecule has 0 bridgehead atoms. The highest BCUT2D eigenvalue weighted by molar-refractivity contribution is 7.09. The summed E-state index contributed by atoms with van der Waals surface area (Å²) in [6.07, 6.45) is 1.72. The van der Waals surface area contributed by atoms with E-state index in [9.17, 15) is 0 Å². The van der Waals surface area contributed by atoms with E-state index in [4.69, 9.17) is 0 Å². The molecule has 102 valence electrons. The van der Waals surface area contributed by atoms with Gasteiger partial charge < -0.3 is 10.3 Å². The first-order chi connectivity index (χ1) is 9.72. The van der Waals surface area contributed by atoms with E-state index in [2.05, 4.69) is 49.9 Å². The number of aromatic nitrogens is 3. The minimum absolute atomic E-state index is 0.727. The van der Waals surface area contributed by atoms with Crippen molar-refractivity contribution in [1.29, 1.82) is 0 Å². The van der Waals surface area contributed by atoms with Crippen molar-refractivity contribution in [3.63, 3.8) is 0 Å². The summed E-state index contributed by atoms with van der Waals surface area (Å²) < 4.78 is 0. The van der Waals surface area contributed by atoms with Crippen LogP contribution < -0.4 is 5.32 Å². The van der Waals surface area contributed by atoms with Crippen molar-refractivity contribution in [3.8, 4) is 11.3 Å². The Morgan fingerprint density at radius 1 is 1.20 bits per heavy atom. The second-order valence-electron chi connectivity index (χ2n) is 4.66. The van der Waals surface area contributed by atoms with Gasteiger partial charge in [0.2, 0.25) is 0 Å². The number of hydrogen-bond donors (Lipinski definition) is 2. The van der Waals surface area contributed by atoms with Crippen LogP contribution in [-0.4, -0.2) is 15.0 Å². The van der Waals surface area contributed by atoms with Gasteiger partial charge in [-0.25, -0.2) is 9.97 Å². The van der Waals surface area contributed by atoms with Crippen molar-refractivity contribution >= 4 is 17.0 Å². The Labute approximate surface area is 121 Å². The number of aromatic amines is 1. The van der Waals surface area contributed by atoms with Crippen LogP contribution in [0.1, 0.15) is 16.4 Å². The molecule has 2 aromatic heterocycles. The van der Waals surface area contributed by atoms with E-state index >= 15 is 0 Å². The van der Waals surface area contributed by atoms with Gasteiger partial charge in [0.05, 0.1) is 29.3 Å². The van der Waals surface area contributed by atoms with Crippen LogP contribution in [0, 0.1) is 13.8 Å². The minimum atomic E-state index is 0.727. The lowest BCUT2D eigenvalue weighted by atomic mass is 10.1. The van der Waals surface area contributed by atoms with Crippen LogP contribution in [0.2, 0.25) is 0 Å². The van der Waals surface area contributed by atoms with Gasteiger partial charge in [-0.15, -0.1) is 11.3 Å². The minimum Gasteiger partial charge on any atom is -0.379 e. The third kappa shape index (κ3) is 2.72. The molecule has 0 atom stereocenters. The van der Waals surface area contributed by atoms with E-state index in [0.29, 0.717) is 0 Å². The zero-order valence-electron chi connectivity index (χ0n) is 11.5. The number of hydrogen-bond acceptors (Lipinski definition) is 4. The first-order valence-corrected chi connectivity index (χ1v) is 7.35. The smallest absolute Gasteiger partial charge is 0.0925 e. The predicted octanol–water partition coefficient (Wildman–Crippen LogP) is 3.76. The fraction of sp³-hybridized carbons (Fsp3) is 0.200. The molecule has 2 heterocycles. The number of H-pyrrole nitrogens is 1. The van der Waals surface area contributed by atoms with Crippen LogP contribution in [0.5, 0.6) is 0 Å². The molecule has 0 fully saturated rings. The molecule has 4 nitrogen and oxygen atoms in total. The van der Waals surface area contributed by atoms with Gasteiger partial charge >= 0.3 is 0 Å². The first kappa shape index (κ1) is 12.9. The molecule has 3 aromatic rings. The number of imidazole rings is 1. The zero-order valence-corrected chi connectivity index (χ0v) is 12.3. The van der Waals surface area contributed by atoms with Crippen LogP contribution in [0.3, 0.4) is 0 Å². The van der Waals surface area contributed by atoms with Crippen molar-refractivity contribution in [2.75, 3.05) is 5.32 Å². The van der Waals surface area contributed by atoms with E-state index in [1.54, 1.807) is 17.7 Å². The van der Waals surface area contributed by atoms with Crippen LogP contribution in [0.15, 0.2) is 36.0 Å². The number of benzene rings is 1. The summed E-state index contributed by atoms with van der Waals surface area (Å²) >= 11 is 1.68. The Bertz CT molecular complexity index is 697. The van der Waals surface area contributed by atoms with Gasteiger partial charge in [0.25, 0.3) is 0 Å². The standard InChI is InChI=1S/C15H16N4S/c1-10-14(18-9-17-10)7-16-13-5-3-12(4-6-13)15-8-20-11(2)19-15/h3-6,8-9,16H,7H2,1-2H3,(H,17,18). The van der Waals surface area contributed by atoms with Gasteiger partial charge in [-0.3, -0.25) is 0 Å². The van der Waals surface area contributed by atoms with E-state index in [0.717, 1.165) is 39.9 Å². The maximum absolute atomic E-state index is 4.49. The molecule has 2 N–H and O–H groups in total. The van der Waals surface area contributed by atoms with Crippen molar-refractivity contribution in [3.05, 3.63) is 52.4 Å². The SMILES string of the molecule is Cc1nc(-c2ccc(NCc3nc[nH]c3C)cc2)cs1. The van der Waals surface area contributed by atoms with Gasteiger partial charge in [-0.05, 0) is 26.0 Å². The maximum Gasteiger partial charge on any atom is 0.0925 e. The Morgan fingerprint density at radius 2 is 2.00 bits per heavy atom. The van der Waals surface area contributed by atoms with Gasteiger partial charge in [0, 0.05) is 22.3 Å². The second-order valence-corrected chi connectivity index (χ2v) is 5.72. The van der Waals surface area contributed by atoms with Crippen molar-refractivity contribution in [2.24, 2.45) is 0 Å². The molecule has 0 aliphatic rings. The van der Waals surface area contributed by atoms with E-state index in [1.807, 2.05) is 13.8 Å². The van der Waals surface area contributed by atoms with Crippen molar-refractivity contribution in [1.82, 2.24) is 15.0 Å². The third-order valence-electron chi connectivity index (χ3n) is 3.19. The molecule has 0 aliphatic heterocycles. The zero-order chi connectivity index (χ0) is 13.9. The highest BCUT2D eigenvalue weighted by Gasteiger charge is 2.03. The monoisotopic (exact) mass is 284 g/mol. The average molecular weight is 284 g/mol. The van der Waals surface area contributed by atoms with Crippen LogP contribution in [-0.2, 0) is 6.54 Å². The van der Waals surface area contributed by atoms with E-state index in [1.165, 1.54) is 0 Å².